The summed E-state index contributed by atoms with van der Waals surface area (Å²) in [5.74, 6) is 2.17. The molecular weight excluding hydrogens is 452 g/mol. The molecule has 2 aromatic heterocycles. The Labute approximate surface area is 213 Å². The van der Waals surface area contributed by atoms with Gasteiger partial charge in [0.25, 0.3) is 5.91 Å². The molecule has 0 aliphatic heterocycles. The van der Waals surface area contributed by atoms with E-state index < -0.39 is 0 Å². The summed E-state index contributed by atoms with van der Waals surface area (Å²) in [6, 6.07) is 18.4. The van der Waals surface area contributed by atoms with E-state index in [4.69, 9.17) is 13.9 Å². The zero-order valence-corrected chi connectivity index (χ0v) is 22.3. The Balaban J connectivity index is 1.56. The van der Waals surface area contributed by atoms with Gasteiger partial charge < -0.3 is 23.4 Å². The molecule has 6 nitrogen and oxygen atoms in total. The number of aryl methyl sites for hydroxylation is 1. The highest BCUT2D eigenvalue weighted by molar-refractivity contribution is 5.97. The van der Waals surface area contributed by atoms with Crippen LogP contribution in [0.1, 0.15) is 53.7 Å². The molecule has 0 aliphatic rings. The summed E-state index contributed by atoms with van der Waals surface area (Å²) < 4.78 is 18.7. The van der Waals surface area contributed by atoms with E-state index in [0.717, 1.165) is 28.0 Å². The predicted molar refractivity (Wildman–Crippen MR) is 143 cm³/mol. The molecule has 0 N–H and O–H groups in total. The van der Waals surface area contributed by atoms with Crippen molar-refractivity contribution in [3.63, 3.8) is 0 Å². The molecule has 0 saturated carbocycles. The first-order valence-corrected chi connectivity index (χ1v) is 12.3. The first-order valence-electron chi connectivity index (χ1n) is 12.3. The number of amides is 1. The van der Waals surface area contributed by atoms with Crippen LogP contribution in [-0.4, -0.2) is 43.2 Å². The lowest BCUT2D eigenvalue weighted by Crippen LogP contribution is -2.30. The van der Waals surface area contributed by atoms with E-state index in [1.165, 1.54) is 5.56 Å². The molecule has 0 fully saturated rings. The monoisotopic (exact) mass is 488 g/mol. The number of rotatable bonds is 8. The molecule has 2 aromatic carbocycles. The molecule has 190 valence electrons. The minimum atomic E-state index is -0.0363. The number of ether oxygens (including phenoxy) is 2. The van der Waals surface area contributed by atoms with Gasteiger partial charge in [-0.15, -0.1) is 0 Å². The van der Waals surface area contributed by atoms with Crippen LogP contribution >= 0.6 is 0 Å². The predicted octanol–water partition coefficient (Wildman–Crippen LogP) is 6.22. The van der Waals surface area contributed by atoms with Crippen LogP contribution in [0.4, 0.5) is 0 Å². The van der Waals surface area contributed by atoms with Gasteiger partial charge in [-0.1, -0.05) is 51.1 Å². The Morgan fingerprint density at radius 2 is 1.61 bits per heavy atom. The lowest BCUT2D eigenvalue weighted by Gasteiger charge is -2.20. The Morgan fingerprint density at radius 1 is 0.944 bits per heavy atom. The molecule has 1 amide bonds. The average molecular weight is 489 g/mol. The number of nitrogens with zero attached hydrogens (tertiary/aromatic N) is 2. The van der Waals surface area contributed by atoms with E-state index in [1.54, 1.807) is 19.1 Å². The molecule has 0 atom stereocenters. The highest BCUT2D eigenvalue weighted by Crippen LogP contribution is 2.29. The molecule has 36 heavy (non-hydrogen) atoms. The van der Waals surface area contributed by atoms with Gasteiger partial charge >= 0.3 is 0 Å². The largest absolute Gasteiger partial charge is 0.493 e. The number of aromatic nitrogens is 1. The van der Waals surface area contributed by atoms with Crippen LogP contribution in [-0.2, 0) is 18.4 Å². The molecule has 0 unspecified atom stereocenters. The number of hydrogen-bond donors (Lipinski definition) is 0. The smallest absolute Gasteiger partial charge is 0.270 e. The second kappa shape index (κ2) is 10.1. The zero-order chi connectivity index (χ0) is 26.0. The molecule has 0 radical (unpaired) electrons. The van der Waals surface area contributed by atoms with Crippen molar-refractivity contribution in [2.24, 2.45) is 0 Å². The van der Waals surface area contributed by atoms with Crippen molar-refractivity contribution >= 4 is 17.0 Å². The van der Waals surface area contributed by atoms with Crippen LogP contribution in [0.5, 0.6) is 11.5 Å². The third-order valence-electron chi connectivity index (χ3n) is 6.62. The molecule has 0 saturated heterocycles. The summed E-state index contributed by atoms with van der Waals surface area (Å²) >= 11 is 0. The first-order chi connectivity index (χ1) is 17.1. The van der Waals surface area contributed by atoms with Crippen LogP contribution in [0.25, 0.3) is 11.1 Å². The van der Waals surface area contributed by atoms with Gasteiger partial charge in [-0.3, -0.25) is 4.79 Å². The quantitative estimate of drug-likeness (QED) is 0.295. The van der Waals surface area contributed by atoms with Crippen molar-refractivity contribution in [1.82, 2.24) is 9.47 Å². The summed E-state index contributed by atoms with van der Waals surface area (Å²) in [6.45, 7) is 9.72. The maximum Gasteiger partial charge on any atom is 0.270 e. The van der Waals surface area contributed by atoms with Crippen LogP contribution in [0.15, 0.2) is 59.0 Å². The third-order valence-corrected chi connectivity index (χ3v) is 6.62. The second-order valence-electron chi connectivity index (χ2n) is 10.3. The van der Waals surface area contributed by atoms with E-state index in [9.17, 15) is 4.79 Å². The molecule has 0 spiro atoms. The standard InChI is InChI=1S/C30H36N2O4/c1-20-16-24-27(36-20)18-25(32(24)19-22-8-11-23(12-9-22)30(2,3)4)29(33)31(5)15-14-21-10-13-26(34-6)28(17-21)35-7/h8-13,16-18H,14-15,19H2,1-7H3. The number of carbonyl (C=O) groups excluding carboxylic acids is 1. The van der Waals surface area contributed by atoms with Crippen molar-refractivity contribution in [2.75, 3.05) is 27.8 Å². The highest BCUT2D eigenvalue weighted by Gasteiger charge is 2.22. The Hall–Kier alpha value is -3.67. The van der Waals surface area contributed by atoms with E-state index in [0.29, 0.717) is 36.7 Å². The lowest BCUT2D eigenvalue weighted by molar-refractivity contribution is 0.0787. The first kappa shape index (κ1) is 25.4. The number of benzene rings is 2. The SMILES string of the molecule is COc1ccc(CCN(C)C(=O)c2cc3oc(C)cc3n2Cc2ccc(C(C)(C)C)cc2)cc1OC. The van der Waals surface area contributed by atoms with Gasteiger partial charge in [-0.05, 0) is 47.6 Å². The maximum atomic E-state index is 13.6. The molecule has 4 rings (SSSR count). The lowest BCUT2D eigenvalue weighted by atomic mass is 9.87. The maximum absolute atomic E-state index is 13.6. The summed E-state index contributed by atoms with van der Waals surface area (Å²) in [7, 11) is 5.08. The zero-order valence-electron chi connectivity index (χ0n) is 22.3. The Bertz CT molecular complexity index is 1360. The molecule has 0 aliphatic carbocycles. The number of hydrogen-bond acceptors (Lipinski definition) is 4. The minimum absolute atomic E-state index is 0.0363. The summed E-state index contributed by atoms with van der Waals surface area (Å²) in [6.07, 6.45) is 0.701. The topological polar surface area (TPSA) is 56.8 Å². The number of fused-ring (bicyclic) bond motifs is 1. The van der Waals surface area contributed by atoms with Crippen molar-refractivity contribution in [2.45, 2.75) is 46.1 Å². The van der Waals surface area contributed by atoms with Gasteiger partial charge in [0.15, 0.2) is 17.1 Å². The van der Waals surface area contributed by atoms with Gasteiger partial charge in [0.2, 0.25) is 0 Å². The fraction of sp³-hybridized carbons (Fsp3) is 0.367. The fourth-order valence-corrected chi connectivity index (χ4v) is 4.44. The van der Waals surface area contributed by atoms with Crippen LogP contribution in [0.2, 0.25) is 0 Å². The molecular formula is C30H36N2O4. The molecule has 6 heteroatoms. The van der Waals surface area contributed by atoms with Gasteiger partial charge in [0, 0.05) is 32.3 Å². The fourth-order valence-electron chi connectivity index (χ4n) is 4.44. The summed E-state index contributed by atoms with van der Waals surface area (Å²) in [5, 5.41) is 0. The van der Waals surface area contributed by atoms with Gasteiger partial charge in [0.1, 0.15) is 11.5 Å². The van der Waals surface area contributed by atoms with Gasteiger partial charge in [-0.25, -0.2) is 0 Å². The van der Waals surface area contributed by atoms with E-state index in [1.807, 2.05) is 44.3 Å². The normalized spacial score (nSPS) is 11.6. The highest BCUT2D eigenvalue weighted by atomic mass is 16.5. The average Bonchev–Trinajstić information content (AvgIpc) is 3.38. The summed E-state index contributed by atoms with van der Waals surface area (Å²) in [4.78, 5) is 15.3. The number of carbonyl (C=O) groups is 1. The van der Waals surface area contributed by atoms with Crippen LogP contribution < -0.4 is 9.47 Å². The minimum Gasteiger partial charge on any atom is -0.493 e. The second-order valence-corrected chi connectivity index (χ2v) is 10.3. The van der Waals surface area contributed by atoms with E-state index in [2.05, 4.69) is 49.6 Å². The van der Waals surface area contributed by atoms with Crippen molar-refractivity contribution in [1.29, 1.82) is 0 Å². The van der Waals surface area contributed by atoms with Crippen LogP contribution in [0.3, 0.4) is 0 Å². The Kier molecular flexibility index (Phi) is 7.16. The van der Waals surface area contributed by atoms with Crippen molar-refractivity contribution in [3.8, 4) is 11.5 Å². The molecule has 2 heterocycles. The number of methoxy groups -OCH3 is 2. The van der Waals surface area contributed by atoms with Crippen molar-refractivity contribution in [3.05, 3.63) is 82.7 Å². The van der Waals surface area contributed by atoms with Crippen LogP contribution in [0, 0.1) is 6.92 Å². The van der Waals surface area contributed by atoms with Gasteiger partial charge in [0.05, 0.1) is 19.7 Å². The van der Waals surface area contributed by atoms with Gasteiger partial charge in [-0.2, -0.15) is 0 Å². The Morgan fingerprint density at radius 3 is 2.25 bits per heavy atom. The molecule has 0 bridgehead atoms. The third kappa shape index (κ3) is 5.27. The van der Waals surface area contributed by atoms with E-state index >= 15 is 0 Å². The van der Waals surface area contributed by atoms with Crippen molar-refractivity contribution < 1.29 is 18.7 Å². The summed E-state index contributed by atoms with van der Waals surface area (Å²) in [5.41, 5.74) is 5.89. The van der Waals surface area contributed by atoms with E-state index in [-0.39, 0.29) is 11.3 Å². The molecule has 4 aromatic rings. The number of likely N-dealkylation sites (N-methyl/N-ethyl adjacent to an activating group) is 1. The number of furan rings is 1.